The van der Waals surface area contributed by atoms with E-state index in [9.17, 15) is 4.79 Å². The van der Waals surface area contributed by atoms with Crippen LogP contribution in [0.3, 0.4) is 0 Å². The van der Waals surface area contributed by atoms with E-state index in [4.69, 9.17) is 9.47 Å². The number of rotatable bonds is 4. The average molecular weight is 459 g/mol. The Labute approximate surface area is 202 Å². The number of anilines is 2. The van der Waals surface area contributed by atoms with E-state index in [0.29, 0.717) is 5.92 Å². The van der Waals surface area contributed by atoms with Crippen LogP contribution in [0.4, 0.5) is 11.4 Å². The predicted octanol–water partition coefficient (Wildman–Crippen LogP) is 4.83. The third-order valence-electron chi connectivity index (χ3n) is 6.94. The maximum absolute atomic E-state index is 13.3. The van der Waals surface area contributed by atoms with E-state index in [-0.39, 0.29) is 5.78 Å². The van der Waals surface area contributed by atoms with Crippen molar-refractivity contribution < 1.29 is 14.3 Å². The van der Waals surface area contributed by atoms with Gasteiger partial charge < -0.3 is 19.3 Å². The Morgan fingerprint density at radius 1 is 0.676 bits per heavy atom. The molecule has 0 spiro atoms. The predicted molar refractivity (Wildman–Crippen MR) is 138 cm³/mol. The van der Waals surface area contributed by atoms with Gasteiger partial charge in [0.1, 0.15) is 0 Å². The van der Waals surface area contributed by atoms with E-state index in [1.165, 1.54) is 11.4 Å². The first-order chi connectivity index (χ1) is 16.7. The second-order valence-electron chi connectivity index (χ2n) is 9.56. The first-order valence-electron chi connectivity index (χ1n) is 12.5. The molecule has 5 rings (SSSR count). The second-order valence-corrected chi connectivity index (χ2v) is 9.56. The lowest BCUT2D eigenvalue weighted by Crippen LogP contribution is -2.36. The number of Topliss-reactive ketones (excluding diaryl/α,β-unsaturated/α-hetero) is 1. The summed E-state index contributed by atoms with van der Waals surface area (Å²) in [4.78, 5) is 18.0. The number of ether oxygens (including phenoxy) is 2. The van der Waals surface area contributed by atoms with Crippen LogP contribution < -0.4 is 9.80 Å². The Kier molecular flexibility index (Phi) is 7.12. The highest BCUT2D eigenvalue weighted by molar-refractivity contribution is 6.14. The van der Waals surface area contributed by atoms with Gasteiger partial charge in [0.15, 0.2) is 5.78 Å². The molecule has 0 unspecified atom stereocenters. The standard InChI is InChI=1S/C29H34N2O3/c1-22-18-25(20-23-2-6-27(7-3-23)30-10-14-33-15-11-30)29(32)26(19-22)21-24-4-8-28(9-5-24)31-12-16-34-17-13-31/h2-9,20-22H,10-19H2,1H3. The molecule has 3 aliphatic rings. The normalized spacial score (nSPS) is 24.1. The Bertz CT molecular complexity index is 960. The fourth-order valence-electron chi connectivity index (χ4n) is 5.07. The first kappa shape index (κ1) is 22.9. The van der Waals surface area contributed by atoms with Gasteiger partial charge in [0.2, 0.25) is 0 Å². The molecule has 2 aromatic rings. The Morgan fingerprint density at radius 2 is 1.06 bits per heavy atom. The summed E-state index contributed by atoms with van der Waals surface area (Å²) < 4.78 is 10.9. The number of morpholine rings is 2. The van der Waals surface area contributed by atoms with Gasteiger partial charge in [-0.15, -0.1) is 0 Å². The quantitative estimate of drug-likeness (QED) is 0.614. The zero-order valence-corrected chi connectivity index (χ0v) is 20.0. The molecule has 0 bridgehead atoms. The number of hydrogen-bond donors (Lipinski definition) is 0. The molecule has 2 aromatic carbocycles. The molecule has 3 fully saturated rings. The summed E-state index contributed by atoms with van der Waals surface area (Å²) in [6, 6.07) is 17.1. The Hall–Kier alpha value is -2.89. The number of carbonyl (C=O) groups is 1. The second kappa shape index (κ2) is 10.6. The smallest absolute Gasteiger partial charge is 0.185 e. The van der Waals surface area contributed by atoms with E-state index < -0.39 is 0 Å². The van der Waals surface area contributed by atoms with Crippen LogP contribution in [0.15, 0.2) is 59.7 Å². The van der Waals surface area contributed by atoms with E-state index in [2.05, 4.69) is 77.4 Å². The van der Waals surface area contributed by atoms with Crippen LogP contribution in [0, 0.1) is 5.92 Å². The van der Waals surface area contributed by atoms with E-state index in [1.807, 2.05) is 0 Å². The number of nitrogens with zero attached hydrogens (tertiary/aromatic N) is 2. The number of benzene rings is 2. The lowest BCUT2D eigenvalue weighted by molar-refractivity contribution is -0.113. The minimum Gasteiger partial charge on any atom is -0.378 e. The van der Waals surface area contributed by atoms with Crippen molar-refractivity contribution >= 4 is 29.3 Å². The molecule has 0 amide bonds. The highest BCUT2D eigenvalue weighted by Gasteiger charge is 2.25. The molecule has 178 valence electrons. The molecule has 0 aromatic heterocycles. The van der Waals surface area contributed by atoms with Crippen molar-refractivity contribution in [2.75, 3.05) is 62.4 Å². The van der Waals surface area contributed by atoms with Gasteiger partial charge in [-0.1, -0.05) is 31.2 Å². The van der Waals surface area contributed by atoms with Crippen LogP contribution in [0.25, 0.3) is 12.2 Å². The van der Waals surface area contributed by atoms with Crippen molar-refractivity contribution in [3.63, 3.8) is 0 Å². The summed E-state index contributed by atoms with van der Waals surface area (Å²) in [6.07, 6.45) is 5.82. The Morgan fingerprint density at radius 3 is 1.44 bits per heavy atom. The van der Waals surface area contributed by atoms with Crippen LogP contribution in [0.2, 0.25) is 0 Å². The fourth-order valence-corrected chi connectivity index (χ4v) is 5.07. The lowest BCUT2D eigenvalue weighted by Gasteiger charge is -2.29. The maximum atomic E-state index is 13.3. The highest BCUT2D eigenvalue weighted by atomic mass is 16.5. The molecule has 1 saturated carbocycles. The molecule has 0 N–H and O–H groups in total. The van der Waals surface area contributed by atoms with Crippen molar-refractivity contribution in [3.8, 4) is 0 Å². The van der Waals surface area contributed by atoms with Crippen LogP contribution >= 0.6 is 0 Å². The minimum absolute atomic E-state index is 0.188. The molecule has 5 nitrogen and oxygen atoms in total. The summed E-state index contributed by atoms with van der Waals surface area (Å²) in [7, 11) is 0. The number of carbonyl (C=O) groups excluding carboxylic acids is 1. The monoisotopic (exact) mass is 458 g/mol. The van der Waals surface area contributed by atoms with Gasteiger partial charge in [-0.3, -0.25) is 4.79 Å². The number of hydrogen-bond acceptors (Lipinski definition) is 5. The molecule has 0 atom stereocenters. The highest BCUT2D eigenvalue weighted by Crippen LogP contribution is 2.32. The molecule has 5 heteroatoms. The van der Waals surface area contributed by atoms with Crippen molar-refractivity contribution in [1.82, 2.24) is 0 Å². The van der Waals surface area contributed by atoms with Gasteiger partial charge in [0.05, 0.1) is 26.4 Å². The topological polar surface area (TPSA) is 42.0 Å². The zero-order chi connectivity index (χ0) is 23.3. The summed E-state index contributed by atoms with van der Waals surface area (Å²) in [6.45, 7) is 9.07. The SMILES string of the molecule is CC1CC(=Cc2ccc(N3CCOCC3)cc2)C(=O)C(=Cc2ccc(N3CCOCC3)cc2)C1. The third kappa shape index (κ3) is 5.43. The van der Waals surface area contributed by atoms with Crippen molar-refractivity contribution in [2.24, 2.45) is 5.92 Å². The van der Waals surface area contributed by atoms with Crippen molar-refractivity contribution in [2.45, 2.75) is 19.8 Å². The third-order valence-corrected chi connectivity index (χ3v) is 6.94. The summed E-state index contributed by atoms with van der Waals surface area (Å²) in [5, 5.41) is 0. The number of allylic oxidation sites excluding steroid dienone is 2. The van der Waals surface area contributed by atoms with Crippen LogP contribution in [0.5, 0.6) is 0 Å². The summed E-state index contributed by atoms with van der Waals surface area (Å²) in [5.41, 5.74) is 6.43. The van der Waals surface area contributed by atoms with E-state index in [0.717, 1.165) is 87.7 Å². The molecule has 1 aliphatic carbocycles. The average Bonchev–Trinajstić information content (AvgIpc) is 2.89. The molecule has 2 aliphatic heterocycles. The molecular weight excluding hydrogens is 424 g/mol. The first-order valence-corrected chi connectivity index (χ1v) is 12.5. The van der Waals surface area contributed by atoms with Gasteiger partial charge >= 0.3 is 0 Å². The molecule has 2 saturated heterocycles. The van der Waals surface area contributed by atoms with Crippen molar-refractivity contribution in [1.29, 1.82) is 0 Å². The fraction of sp³-hybridized carbons (Fsp3) is 0.414. The van der Waals surface area contributed by atoms with Gasteiger partial charge in [-0.25, -0.2) is 0 Å². The van der Waals surface area contributed by atoms with Crippen LogP contribution in [-0.2, 0) is 14.3 Å². The molecule has 0 radical (unpaired) electrons. The van der Waals surface area contributed by atoms with Gasteiger partial charge in [0, 0.05) is 48.7 Å². The van der Waals surface area contributed by atoms with Crippen molar-refractivity contribution in [3.05, 3.63) is 70.8 Å². The number of ketones is 1. The minimum atomic E-state index is 0.188. The van der Waals surface area contributed by atoms with Crippen LogP contribution in [-0.4, -0.2) is 58.4 Å². The molecule has 2 heterocycles. The maximum Gasteiger partial charge on any atom is 0.185 e. The van der Waals surface area contributed by atoms with Gasteiger partial charge in [0.25, 0.3) is 0 Å². The summed E-state index contributed by atoms with van der Waals surface area (Å²) >= 11 is 0. The lowest BCUT2D eigenvalue weighted by atomic mass is 9.81. The van der Waals surface area contributed by atoms with Gasteiger partial charge in [-0.05, 0) is 66.3 Å². The molecular formula is C29H34N2O3. The van der Waals surface area contributed by atoms with Crippen LogP contribution in [0.1, 0.15) is 30.9 Å². The van der Waals surface area contributed by atoms with E-state index >= 15 is 0 Å². The Balaban J connectivity index is 1.30. The van der Waals surface area contributed by atoms with Gasteiger partial charge in [-0.2, -0.15) is 0 Å². The summed E-state index contributed by atoms with van der Waals surface area (Å²) in [5.74, 6) is 0.642. The molecule has 34 heavy (non-hydrogen) atoms. The zero-order valence-electron chi connectivity index (χ0n) is 20.0. The van der Waals surface area contributed by atoms with E-state index in [1.54, 1.807) is 0 Å². The largest absolute Gasteiger partial charge is 0.378 e.